The molecule has 1 N–H and O–H groups in total. The molecule has 1 aliphatic rings. The van der Waals surface area contributed by atoms with E-state index in [1.807, 2.05) is 13.8 Å². The molecule has 0 spiro atoms. The summed E-state index contributed by atoms with van der Waals surface area (Å²) in [7, 11) is 3.50. The molecule has 148 valence electrons. The number of halogens is 1. The topological polar surface area (TPSA) is 69.7 Å². The molecule has 3 amide bonds. The Balaban J connectivity index is 2.03. The molecule has 1 aromatic carbocycles. The quantitative estimate of drug-likeness (QED) is 0.835. The summed E-state index contributed by atoms with van der Waals surface area (Å²) in [5.41, 5.74) is 0.355. The number of carbonyl (C=O) groups is 3. The molecule has 1 fully saturated rings. The first-order valence-corrected chi connectivity index (χ1v) is 9.65. The fourth-order valence-corrected chi connectivity index (χ4v) is 3.51. The van der Waals surface area contributed by atoms with Crippen molar-refractivity contribution in [2.45, 2.75) is 32.7 Å². The van der Waals surface area contributed by atoms with Crippen LogP contribution >= 0.6 is 11.6 Å². The van der Waals surface area contributed by atoms with Crippen molar-refractivity contribution in [3.63, 3.8) is 0 Å². The van der Waals surface area contributed by atoms with Crippen LogP contribution in [0.15, 0.2) is 24.3 Å². The highest BCUT2D eigenvalue weighted by Crippen LogP contribution is 2.21. The second-order valence-corrected chi connectivity index (χ2v) is 7.91. The Bertz CT molecular complexity index is 697. The average Bonchev–Trinajstić information content (AvgIpc) is 2.65. The SMILES string of the molecule is CC(C)C(NC(=O)c1ccccc1Cl)C(=O)N1CCC(C(=O)N(C)C)CC1. The van der Waals surface area contributed by atoms with Gasteiger partial charge in [0.25, 0.3) is 5.91 Å². The second-order valence-electron chi connectivity index (χ2n) is 7.51. The lowest BCUT2D eigenvalue weighted by Crippen LogP contribution is -2.53. The number of likely N-dealkylation sites (tertiary alicyclic amines) is 1. The van der Waals surface area contributed by atoms with Gasteiger partial charge in [0.2, 0.25) is 11.8 Å². The number of amides is 3. The normalized spacial score (nSPS) is 16.1. The van der Waals surface area contributed by atoms with Crippen molar-refractivity contribution in [3.05, 3.63) is 34.9 Å². The summed E-state index contributed by atoms with van der Waals surface area (Å²) in [5.74, 6) is -0.467. The molecule has 1 aliphatic heterocycles. The number of rotatable bonds is 5. The smallest absolute Gasteiger partial charge is 0.253 e. The maximum atomic E-state index is 13.0. The highest BCUT2D eigenvalue weighted by atomic mass is 35.5. The van der Waals surface area contributed by atoms with Gasteiger partial charge in [0.05, 0.1) is 10.6 Å². The Labute approximate surface area is 165 Å². The Hall–Kier alpha value is -2.08. The molecule has 7 heteroatoms. The summed E-state index contributed by atoms with van der Waals surface area (Å²) in [6, 6.07) is 6.14. The number of carbonyl (C=O) groups excluding carboxylic acids is 3. The van der Waals surface area contributed by atoms with Gasteiger partial charge in [-0.15, -0.1) is 0 Å². The number of hydrogen-bond acceptors (Lipinski definition) is 3. The number of hydrogen-bond donors (Lipinski definition) is 1. The van der Waals surface area contributed by atoms with E-state index in [4.69, 9.17) is 11.6 Å². The monoisotopic (exact) mass is 393 g/mol. The molecule has 0 bridgehead atoms. The molecule has 0 aliphatic carbocycles. The predicted molar refractivity (Wildman–Crippen MR) is 106 cm³/mol. The van der Waals surface area contributed by atoms with E-state index < -0.39 is 6.04 Å². The summed E-state index contributed by atoms with van der Waals surface area (Å²) in [6.45, 7) is 4.85. The van der Waals surface area contributed by atoms with E-state index >= 15 is 0 Å². The molecule has 1 unspecified atom stereocenters. The summed E-state index contributed by atoms with van der Waals surface area (Å²) >= 11 is 6.09. The Morgan fingerprint density at radius 2 is 1.74 bits per heavy atom. The van der Waals surface area contributed by atoms with Crippen LogP contribution in [0.4, 0.5) is 0 Å². The zero-order valence-corrected chi connectivity index (χ0v) is 17.1. The van der Waals surface area contributed by atoms with E-state index in [1.54, 1.807) is 48.2 Å². The van der Waals surface area contributed by atoms with E-state index in [0.717, 1.165) is 0 Å². The van der Waals surface area contributed by atoms with Crippen molar-refractivity contribution in [2.24, 2.45) is 11.8 Å². The van der Waals surface area contributed by atoms with Crippen LogP contribution in [0, 0.1) is 11.8 Å². The van der Waals surface area contributed by atoms with Gasteiger partial charge in [-0.1, -0.05) is 37.6 Å². The molecule has 1 saturated heterocycles. The lowest BCUT2D eigenvalue weighted by molar-refractivity contribution is -0.140. The standard InChI is InChI=1S/C20H28ClN3O3/c1-13(2)17(22-18(25)15-7-5-6-8-16(15)21)20(27)24-11-9-14(10-12-24)19(26)23(3)4/h5-8,13-14,17H,9-12H2,1-4H3,(H,22,25). The zero-order valence-electron chi connectivity index (χ0n) is 16.4. The number of nitrogens with zero attached hydrogens (tertiary/aromatic N) is 2. The first kappa shape index (κ1) is 21.2. The van der Waals surface area contributed by atoms with Crippen LogP contribution in [0.25, 0.3) is 0 Å². The number of piperidine rings is 1. The van der Waals surface area contributed by atoms with Gasteiger partial charge in [0, 0.05) is 33.1 Å². The van der Waals surface area contributed by atoms with Crippen molar-refractivity contribution in [3.8, 4) is 0 Å². The summed E-state index contributed by atoms with van der Waals surface area (Å²) < 4.78 is 0. The summed E-state index contributed by atoms with van der Waals surface area (Å²) in [4.78, 5) is 41.0. The molecular weight excluding hydrogens is 366 g/mol. The summed E-state index contributed by atoms with van der Waals surface area (Å²) in [6.07, 6.45) is 1.29. The highest BCUT2D eigenvalue weighted by molar-refractivity contribution is 6.33. The van der Waals surface area contributed by atoms with Gasteiger partial charge in [-0.05, 0) is 30.9 Å². The van der Waals surface area contributed by atoms with Crippen molar-refractivity contribution < 1.29 is 14.4 Å². The Morgan fingerprint density at radius 3 is 2.26 bits per heavy atom. The largest absolute Gasteiger partial charge is 0.349 e. The maximum Gasteiger partial charge on any atom is 0.253 e. The van der Waals surface area contributed by atoms with Crippen LogP contribution in [0.2, 0.25) is 5.02 Å². The molecule has 0 aromatic heterocycles. The van der Waals surface area contributed by atoms with Gasteiger partial charge in [0.1, 0.15) is 6.04 Å². The minimum Gasteiger partial charge on any atom is -0.349 e. The molecule has 0 saturated carbocycles. The molecule has 27 heavy (non-hydrogen) atoms. The Kier molecular flexibility index (Phi) is 7.25. The van der Waals surface area contributed by atoms with Crippen molar-refractivity contribution in [1.29, 1.82) is 0 Å². The maximum absolute atomic E-state index is 13.0. The van der Waals surface area contributed by atoms with Crippen LogP contribution in [-0.2, 0) is 9.59 Å². The fourth-order valence-electron chi connectivity index (χ4n) is 3.29. The van der Waals surface area contributed by atoms with Crippen molar-refractivity contribution in [2.75, 3.05) is 27.2 Å². The van der Waals surface area contributed by atoms with E-state index in [2.05, 4.69) is 5.32 Å². The first-order valence-electron chi connectivity index (χ1n) is 9.27. The first-order chi connectivity index (χ1) is 12.7. The van der Waals surface area contributed by atoms with E-state index in [-0.39, 0.29) is 29.6 Å². The predicted octanol–water partition coefficient (Wildman–Crippen LogP) is 2.42. The number of benzene rings is 1. The minimum absolute atomic E-state index is 0.0423. The van der Waals surface area contributed by atoms with Gasteiger partial charge < -0.3 is 15.1 Å². The molecule has 1 heterocycles. The Morgan fingerprint density at radius 1 is 1.15 bits per heavy atom. The number of nitrogens with one attached hydrogen (secondary N) is 1. The van der Waals surface area contributed by atoms with Crippen molar-refractivity contribution in [1.82, 2.24) is 15.1 Å². The van der Waals surface area contributed by atoms with Crippen LogP contribution in [0.1, 0.15) is 37.0 Å². The molecule has 0 radical (unpaired) electrons. The molecule has 6 nitrogen and oxygen atoms in total. The lowest BCUT2D eigenvalue weighted by Gasteiger charge is -2.35. The van der Waals surface area contributed by atoms with E-state index in [0.29, 0.717) is 36.5 Å². The highest BCUT2D eigenvalue weighted by Gasteiger charge is 2.33. The van der Waals surface area contributed by atoms with Crippen LogP contribution < -0.4 is 5.32 Å². The molecular formula is C20H28ClN3O3. The lowest BCUT2D eigenvalue weighted by atomic mass is 9.94. The van der Waals surface area contributed by atoms with Crippen LogP contribution in [-0.4, -0.2) is 60.7 Å². The van der Waals surface area contributed by atoms with E-state index in [9.17, 15) is 14.4 Å². The van der Waals surface area contributed by atoms with Gasteiger partial charge in [-0.2, -0.15) is 0 Å². The van der Waals surface area contributed by atoms with Crippen LogP contribution in [0.5, 0.6) is 0 Å². The van der Waals surface area contributed by atoms with Gasteiger partial charge in [-0.3, -0.25) is 14.4 Å². The molecule has 1 aromatic rings. The third kappa shape index (κ3) is 5.22. The third-order valence-electron chi connectivity index (χ3n) is 4.93. The molecule has 1 atom stereocenters. The van der Waals surface area contributed by atoms with Crippen molar-refractivity contribution >= 4 is 29.3 Å². The average molecular weight is 394 g/mol. The van der Waals surface area contributed by atoms with Gasteiger partial charge >= 0.3 is 0 Å². The van der Waals surface area contributed by atoms with Crippen LogP contribution in [0.3, 0.4) is 0 Å². The zero-order chi connectivity index (χ0) is 20.1. The minimum atomic E-state index is -0.630. The fraction of sp³-hybridized carbons (Fsp3) is 0.550. The second kappa shape index (κ2) is 9.22. The van der Waals surface area contributed by atoms with E-state index in [1.165, 1.54) is 0 Å². The summed E-state index contributed by atoms with van der Waals surface area (Å²) in [5, 5.41) is 3.19. The third-order valence-corrected chi connectivity index (χ3v) is 5.26. The van der Waals surface area contributed by atoms with Gasteiger partial charge in [-0.25, -0.2) is 0 Å². The van der Waals surface area contributed by atoms with Gasteiger partial charge in [0.15, 0.2) is 0 Å². The molecule has 2 rings (SSSR count).